The highest BCUT2D eigenvalue weighted by Crippen LogP contribution is 2.29. The SMILES string of the molecule is COc1cc(N(O)O)ccc1NC(=S)NCCCNc1ccnc2cc(Cl)ccc12. The number of nitrogens with zero attached hydrogens (tertiary/aromatic N) is 2. The normalized spacial score (nSPS) is 10.5. The second-order valence-corrected chi connectivity index (χ2v) is 7.20. The molecule has 1 aromatic heterocycles. The van der Waals surface area contributed by atoms with Crippen LogP contribution in [-0.4, -0.2) is 40.7 Å². The molecule has 10 heteroatoms. The third-order valence-corrected chi connectivity index (χ3v) is 4.81. The van der Waals surface area contributed by atoms with Gasteiger partial charge in [0.2, 0.25) is 0 Å². The van der Waals surface area contributed by atoms with Crippen LogP contribution in [0.15, 0.2) is 48.7 Å². The molecule has 0 amide bonds. The van der Waals surface area contributed by atoms with E-state index < -0.39 is 0 Å². The van der Waals surface area contributed by atoms with E-state index in [1.165, 1.54) is 19.2 Å². The van der Waals surface area contributed by atoms with Gasteiger partial charge in [-0.25, -0.2) is 0 Å². The molecule has 0 bridgehead atoms. The summed E-state index contributed by atoms with van der Waals surface area (Å²) in [6.07, 6.45) is 2.59. The summed E-state index contributed by atoms with van der Waals surface area (Å²) in [5.74, 6) is 0.427. The Hall–Kier alpha value is -2.85. The highest BCUT2D eigenvalue weighted by atomic mass is 35.5. The molecule has 8 nitrogen and oxygen atoms in total. The lowest BCUT2D eigenvalue weighted by Crippen LogP contribution is -2.30. The summed E-state index contributed by atoms with van der Waals surface area (Å²) in [6.45, 7) is 1.41. The molecule has 3 aromatic rings. The molecule has 0 aliphatic heterocycles. The number of nitrogens with one attached hydrogen (secondary N) is 3. The van der Waals surface area contributed by atoms with E-state index in [9.17, 15) is 0 Å². The number of pyridine rings is 1. The second-order valence-electron chi connectivity index (χ2n) is 6.36. The van der Waals surface area contributed by atoms with Crippen molar-refractivity contribution >= 4 is 56.9 Å². The van der Waals surface area contributed by atoms with E-state index in [0.717, 1.165) is 29.6 Å². The number of ether oxygens (including phenoxy) is 1. The number of rotatable bonds is 8. The molecule has 1 heterocycles. The Kier molecular flexibility index (Phi) is 7.47. The second kappa shape index (κ2) is 10.3. The Bertz CT molecular complexity index is 1030. The van der Waals surface area contributed by atoms with Crippen LogP contribution in [0.5, 0.6) is 5.75 Å². The molecule has 0 spiro atoms. The Morgan fingerprint density at radius 2 is 1.97 bits per heavy atom. The number of methoxy groups -OCH3 is 1. The van der Waals surface area contributed by atoms with Gasteiger partial charge in [0.05, 0.1) is 24.0 Å². The highest BCUT2D eigenvalue weighted by Gasteiger charge is 2.09. The molecule has 5 N–H and O–H groups in total. The van der Waals surface area contributed by atoms with Gasteiger partial charge in [-0.15, -0.1) is 5.23 Å². The summed E-state index contributed by atoms with van der Waals surface area (Å²) >= 11 is 11.3. The first kappa shape index (κ1) is 21.8. The minimum absolute atomic E-state index is 0.0243. The lowest BCUT2D eigenvalue weighted by Gasteiger charge is -2.16. The van der Waals surface area contributed by atoms with Crippen LogP contribution in [-0.2, 0) is 0 Å². The van der Waals surface area contributed by atoms with Crippen molar-refractivity contribution in [1.29, 1.82) is 0 Å². The molecule has 0 saturated heterocycles. The molecule has 0 aliphatic carbocycles. The molecule has 3 rings (SSSR count). The third-order valence-electron chi connectivity index (χ3n) is 4.32. The summed E-state index contributed by atoms with van der Waals surface area (Å²) < 4.78 is 5.25. The van der Waals surface area contributed by atoms with E-state index in [1.807, 2.05) is 24.3 Å². The number of benzene rings is 2. The van der Waals surface area contributed by atoms with Crippen LogP contribution >= 0.6 is 23.8 Å². The fraction of sp³-hybridized carbons (Fsp3) is 0.200. The maximum absolute atomic E-state index is 9.10. The van der Waals surface area contributed by atoms with Crippen LogP contribution in [0.1, 0.15) is 6.42 Å². The monoisotopic (exact) mass is 447 g/mol. The highest BCUT2D eigenvalue weighted by molar-refractivity contribution is 7.80. The van der Waals surface area contributed by atoms with Crippen LogP contribution in [0, 0.1) is 0 Å². The lowest BCUT2D eigenvalue weighted by molar-refractivity contribution is 0.0290. The minimum Gasteiger partial charge on any atom is -0.494 e. The number of fused-ring (bicyclic) bond motifs is 1. The Morgan fingerprint density at radius 3 is 2.73 bits per heavy atom. The van der Waals surface area contributed by atoms with Gasteiger partial charge >= 0.3 is 0 Å². The van der Waals surface area contributed by atoms with Gasteiger partial charge in [0, 0.05) is 41.4 Å². The third kappa shape index (κ3) is 5.61. The van der Waals surface area contributed by atoms with Gasteiger partial charge in [-0.3, -0.25) is 15.4 Å². The van der Waals surface area contributed by atoms with E-state index in [0.29, 0.717) is 28.1 Å². The maximum Gasteiger partial charge on any atom is 0.170 e. The zero-order chi connectivity index (χ0) is 21.5. The summed E-state index contributed by atoms with van der Waals surface area (Å²) in [6, 6.07) is 12.2. The molecule has 0 unspecified atom stereocenters. The van der Waals surface area contributed by atoms with Crippen LogP contribution in [0.25, 0.3) is 10.9 Å². The molecule has 0 radical (unpaired) electrons. The van der Waals surface area contributed by atoms with E-state index in [4.69, 9.17) is 39.0 Å². The minimum atomic E-state index is 0.0243. The van der Waals surface area contributed by atoms with E-state index in [2.05, 4.69) is 20.9 Å². The van der Waals surface area contributed by atoms with Gasteiger partial charge in [0.25, 0.3) is 0 Å². The van der Waals surface area contributed by atoms with Crippen molar-refractivity contribution in [3.63, 3.8) is 0 Å². The Labute approximate surface area is 184 Å². The molecule has 0 atom stereocenters. The van der Waals surface area contributed by atoms with Crippen LogP contribution in [0.2, 0.25) is 5.02 Å². The number of hydrogen-bond acceptors (Lipinski definition) is 7. The predicted molar refractivity (Wildman–Crippen MR) is 123 cm³/mol. The standard InChI is InChI=1S/C20H22ClN5O3S/c1-29-19-12-14(26(27)28)4-6-17(19)25-20(30)24-9-2-8-22-16-7-10-23-18-11-13(21)3-5-15(16)18/h3-7,10-12,27-28H,2,8-9H2,1H3,(H,22,23)(H2,24,25,30). The van der Waals surface area contributed by atoms with Gasteiger partial charge in [0.1, 0.15) is 5.75 Å². The number of thiocarbonyl (C=S) groups is 1. The molecule has 2 aromatic carbocycles. The number of anilines is 3. The summed E-state index contributed by atoms with van der Waals surface area (Å²) in [7, 11) is 1.49. The van der Waals surface area contributed by atoms with Gasteiger partial charge < -0.3 is 20.7 Å². The summed E-state index contributed by atoms with van der Waals surface area (Å²) in [5.41, 5.74) is 2.64. The molecule has 158 valence electrons. The van der Waals surface area contributed by atoms with Crippen molar-refractivity contribution in [3.8, 4) is 5.75 Å². The van der Waals surface area contributed by atoms with E-state index in [1.54, 1.807) is 12.3 Å². The first-order chi connectivity index (χ1) is 14.5. The molecule has 0 saturated carbocycles. The van der Waals surface area contributed by atoms with E-state index in [-0.39, 0.29) is 10.9 Å². The predicted octanol–water partition coefficient (Wildman–Crippen LogP) is 4.27. The first-order valence-corrected chi connectivity index (χ1v) is 9.95. The molecule has 0 fully saturated rings. The van der Waals surface area contributed by atoms with Gasteiger partial charge in [-0.05, 0) is 55.0 Å². The summed E-state index contributed by atoms with van der Waals surface area (Å²) in [4.78, 5) is 4.34. The van der Waals surface area contributed by atoms with Crippen LogP contribution in [0.3, 0.4) is 0 Å². The first-order valence-electron chi connectivity index (χ1n) is 9.17. The Balaban J connectivity index is 1.47. The van der Waals surface area contributed by atoms with Gasteiger partial charge in [0.15, 0.2) is 5.11 Å². The zero-order valence-electron chi connectivity index (χ0n) is 16.2. The average Bonchev–Trinajstić information content (AvgIpc) is 2.73. The number of hydrogen-bond donors (Lipinski definition) is 5. The zero-order valence-corrected chi connectivity index (χ0v) is 17.8. The molecular weight excluding hydrogens is 426 g/mol. The van der Waals surface area contributed by atoms with E-state index >= 15 is 0 Å². The average molecular weight is 448 g/mol. The fourth-order valence-corrected chi connectivity index (χ4v) is 3.24. The van der Waals surface area contributed by atoms with Gasteiger partial charge in [-0.2, -0.15) is 0 Å². The topological polar surface area (TPSA) is 102 Å². The van der Waals surface area contributed by atoms with Crippen molar-refractivity contribution in [3.05, 3.63) is 53.7 Å². The van der Waals surface area contributed by atoms with Crippen molar-refractivity contribution in [1.82, 2.24) is 10.3 Å². The lowest BCUT2D eigenvalue weighted by atomic mass is 10.2. The maximum atomic E-state index is 9.10. The van der Waals surface area contributed by atoms with Crippen molar-refractivity contribution in [2.75, 3.05) is 36.1 Å². The van der Waals surface area contributed by atoms with Crippen LogP contribution in [0.4, 0.5) is 17.1 Å². The smallest absolute Gasteiger partial charge is 0.170 e. The fourth-order valence-electron chi connectivity index (χ4n) is 2.86. The molecular formula is C20H22ClN5O3S. The quantitative estimate of drug-likeness (QED) is 0.197. The molecule has 0 aliphatic rings. The van der Waals surface area contributed by atoms with Crippen molar-refractivity contribution < 1.29 is 15.2 Å². The number of aromatic nitrogens is 1. The summed E-state index contributed by atoms with van der Waals surface area (Å²) in [5, 5.41) is 29.9. The van der Waals surface area contributed by atoms with Gasteiger partial charge in [-0.1, -0.05) is 11.6 Å². The van der Waals surface area contributed by atoms with Crippen molar-refractivity contribution in [2.24, 2.45) is 0 Å². The molecule has 30 heavy (non-hydrogen) atoms. The largest absolute Gasteiger partial charge is 0.494 e. The van der Waals surface area contributed by atoms with Crippen LogP contribution < -0.4 is 25.9 Å². The number of halogens is 1. The Morgan fingerprint density at radius 1 is 1.13 bits per heavy atom. The van der Waals surface area contributed by atoms with Crippen molar-refractivity contribution in [2.45, 2.75) is 6.42 Å².